The van der Waals surface area contributed by atoms with Crippen molar-refractivity contribution in [2.24, 2.45) is 11.8 Å². The van der Waals surface area contributed by atoms with Crippen LogP contribution in [0.1, 0.15) is 29.6 Å². The molecule has 7 nitrogen and oxygen atoms in total. The molecule has 0 atom stereocenters. The molecule has 2 N–H and O–H groups in total. The molecule has 1 aliphatic carbocycles. The standard InChI is InChI=1S/C12H13N3O4/c13-14(11(16)8-4-3-5-8)12(17)9-6-1-2-7-10(9)15(18)19/h1-2,6-8H,3-5,13H2. The molecule has 0 bridgehead atoms. The van der Waals surface area contributed by atoms with Gasteiger partial charge in [0.2, 0.25) is 5.91 Å². The van der Waals surface area contributed by atoms with Crippen molar-refractivity contribution in [3.05, 3.63) is 39.9 Å². The third kappa shape index (κ3) is 2.45. The van der Waals surface area contributed by atoms with Gasteiger partial charge in [-0.05, 0) is 18.9 Å². The first kappa shape index (κ1) is 13.2. The fourth-order valence-corrected chi connectivity index (χ4v) is 1.90. The Bertz CT molecular complexity index is 540. The Labute approximate surface area is 109 Å². The molecular formula is C12H13N3O4. The molecule has 0 heterocycles. The van der Waals surface area contributed by atoms with Crippen LogP contribution in [0, 0.1) is 16.0 Å². The van der Waals surface area contributed by atoms with Crippen LogP contribution in [0.4, 0.5) is 5.69 Å². The number of hydrogen-bond acceptors (Lipinski definition) is 5. The molecule has 0 saturated heterocycles. The van der Waals surface area contributed by atoms with E-state index in [4.69, 9.17) is 5.84 Å². The molecule has 0 aliphatic heterocycles. The highest BCUT2D eigenvalue weighted by molar-refractivity contribution is 6.06. The lowest BCUT2D eigenvalue weighted by Crippen LogP contribution is -2.47. The first-order valence-corrected chi connectivity index (χ1v) is 5.88. The third-order valence-electron chi connectivity index (χ3n) is 3.24. The van der Waals surface area contributed by atoms with Gasteiger partial charge in [-0.25, -0.2) is 10.9 Å². The maximum absolute atomic E-state index is 12.0. The highest BCUT2D eigenvalue weighted by Gasteiger charge is 2.33. The second-order valence-corrected chi connectivity index (χ2v) is 4.42. The number of carbonyl (C=O) groups is 2. The summed E-state index contributed by atoms with van der Waals surface area (Å²) in [6.45, 7) is 0. The number of nitro groups is 1. The minimum atomic E-state index is -0.843. The van der Waals surface area contributed by atoms with Crippen LogP contribution < -0.4 is 5.84 Å². The van der Waals surface area contributed by atoms with E-state index in [1.807, 2.05) is 0 Å². The molecule has 1 saturated carbocycles. The van der Waals surface area contributed by atoms with Crippen LogP contribution in [-0.4, -0.2) is 21.7 Å². The predicted octanol–water partition coefficient (Wildman–Crippen LogP) is 1.24. The van der Waals surface area contributed by atoms with E-state index in [1.54, 1.807) is 0 Å². The van der Waals surface area contributed by atoms with Crippen LogP contribution in [0.5, 0.6) is 0 Å². The van der Waals surface area contributed by atoms with Crippen molar-refractivity contribution in [2.45, 2.75) is 19.3 Å². The van der Waals surface area contributed by atoms with E-state index in [0.717, 1.165) is 6.42 Å². The fraction of sp³-hybridized carbons (Fsp3) is 0.333. The maximum Gasteiger partial charge on any atom is 0.282 e. The molecule has 100 valence electrons. The number of nitrogens with two attached hydrogens (primary N) is 1. The van der Waals surface area contributed by atoms with Crippen molar-refractivity contribution in [2.75, 3.05) is 0 Å². The molecule has 0 radical (unpaired) electrons. The first-order chi connectivity index (χ1) is 9.02. The van der Waals surface area contributed by atoms with Gasteiger partial charge in [0.15, 0.2) is 0 Å². The lowest BCUT2D eigenvalue weighted by Gasteiger charge is -2.27. The Morgan fingerprint density at radius 1 is 1.32 bits per heavy atom. The van der Waals surface area contributed by atoms with E-state index in [-0.39, 0.29) is 17.2 Å². The Kier molecular flexibility index (Phi) is 3.57. The zero-order valence-corrected chi connectivity index (χ0v) is 10.1. The summed E-state index contributed by atoms with van der Waals surface area (Å²) < 4.78 is 0. The predicted molar refractivity (Wildman–Crippen MR) is 65.8 cm³/mol. The molecule has 0 spiro atoms. The van der Waals surface area contributed by atoms with Gasteiger partial charge in [-0.15, -0.1) is 0 Å². The normalized spacial score (nSPS) is 14.6. The minimum absolute atomic E-state index is 0.178. The van der Waals surface area contributed by atoms with Gasteiger partial charge in [0.05, 0.1) is 4.92 Å². The quantitative estimate of drug-likeness (QED) is 0.290. The number of nitrogens with zero attached hydrogens (tertiary/aromatic N) is 2. The molecule has 7 heteroatoms. The number of rotatable bonds is 3. The highest BCUT2D eigenvalue weighted by atomic mass is 16.6. The molecule has 0 unspecified atom stereocenters. The first-order valence-electron chi connectivity index (χ1n) is 5.88. The van der Waals surface area contributed by atoms with Gasteiger partial charge in [-0.1, -0.05) is 18.6 Å². The lowest BCUT2D eigenvalue weighted by atomic mass is 9.84. The van der Waals surface area contributed by atoms with Crippen LogP contribution in [0.3, 0.4) is 0 Å². The molecular weight excluding hydrogens is 250 g/mol. The van der Waals surface area contributed by atoms with E-state index in [9.17, 15) is 19.7 Å². The van der Waals surface area contributed by atoms with Crippen molar-refractivity contribution in [3.63, 3.8) is 0 Å². The third-order valence-corrected chi connectivity index (χ3v) is 3.24. The summed E-state index contributed by atoms with van der Waals surface area (Å²) in [5, 5.41) is 11.3. The van der Waals surface area contributed by atoms with Crippen molar-refractivity contribution >= 4 is 17.5 Å². The number of hydrazine groups is 1. The second-order valence-electron chi connectivity index (χ2n) is 4.42. The average Bonchev–Trinajstić information content (AvgIpc) is 2.34. The molecule has 1 aromatic carbocycles. The number of nitro benzene ring substituents is 1. The van der Waals surface area contributed by atoms with Gasteiger partial charge in [-0.2, -0.15) is 0 Å². The van der Waals surface area contributed by atoms with Crippen LogP contribution in [0.25, 0.3) is 0 Å². The SMILES string of the molecule is NN(C(=O)c1ccccc1[N+](=O)[O-])C(=O)C1CCC1. The largest absolute Gasteiger partial charge is 0.282 e. The van der Waals surface area contributed by atoms with Crippen molar-refractivity contribution in [3.8, 4) is 0 Å². The number of para-hydroxylation sites is 1. The van der Waals surface area contributed by atoms with E-state index in [0.29, 0.717) is 17.9 Å². The van der Waals surface area contributed by atoms with E-state index in [2.05, 4.69) is 0 Å². The topological polar surface area (TPSA) is 107 Å². The molecule has 1 aliphatic rings. The number of carbonyl (C=O) groups excluding carboxylic acids is 2. The van der Waals surface area contributed by atoms with Gasteiger partial charge in [0.25, 0.3) is 11.6 Å². The van der Waals surface area contributed by atoms with Gasteiger partial charge in [-0.3, -0.25) is 19.7 Å². The van der Waals surface area contributed by atoms with Crippen LogP contribution in [0.15, 0.2) is 24.3 Å². The van der Waals surface area contributed by atoms with Gasteiger partial charge in [0, 0.05) is 12.0 Å². The van der Waals surface area contributed by atoms with E-state index in [1.165, 1.54) is 24.3 Å². The molecule has 1 fully saturated rings. The summed E-state index contributed by atoms with van der Waals surface area (Å²) in [6.07, 6.45) is 2.34. The summed E-state index contributed by atoms with van der Waals surface area (Å²) in [5.74, 6) is 3.92. The maximum atomic E-state index is 12.0. The molecule has 19 heavy (non-hydrogen) atoms. The number of hydrogen-bond donors (Lipinski definition) is 1. The van der Waals surface area contributed by atoms with Gasteiger partial charge < -0.3 is 0 Å². The summed E-state index contributed by atoms with van der Waals surface area (Å²) in [6, 6.07) is 5.43. The molecule has 0 aromatic heterocycles. The smallest absolute Gasteiger partial charge is 0.273 e. The summed E-state index contributed by atoms with van der Waals surface area (Å²) >= 11 is 0. The van der Waals surface area contributed by atoms with E-state index < -0.39 is 16.7 Å². The minimum Gasteiger partial charge on any atom is -0.273 e. The zero-order chi connectivity index (χ0) is 14.0. The lowest BCUT2D eigenvalue weighted by molar-refractivity contribution is -0.385. The Morgan fingerprint density at radius 2 is 1.95 bits per heavy atom. The van der Waals surface area contributed by atoms with E-state index >= 15 is 0 Å². The number of amides is 2. The second kappa shape index (κ2) is 5.15. The van der Waals surface area contributed by atoms with Crippen molar-refractivity contribution < 1.29 is 14.5 Å². The van der Waals surface area contributed by atoms with Crippen LogP contribution >= 0.6 is 0 Å². The number of benzene rings is 1. The molecule has 1 aromatic rings. The molecule has 2 amide bonds. The van der Waals surface area contributed by atoms with Gasteiger partial charge >= 0.3 is 0 Å². The number of imide groups is 1. The average molecular weight is 263 g/mol. The van der Waals surface area contributed by atoms with Crippen LogP contribution in [-0.2, 0) is 4.79 Å². The Balaban J connectivity index is 2.23. The van der Waals surface area contributed by atoms with Crippen molar-refractivity contribution in [1.29, 1.82) is 0 Å². The summed E-state index contributed by atoms with van der Waals surface area (Å²) in [5.41, 5.74) is -0.535. The highest BCUT2D eigenvalue weighted by Crippen LogP contribution is 2.28. The Hall–Kier alpha value is -2.28. The summed E-state index contributed by atoms with van der Waals surface area (Å²) in [4.78, 5) is 34.0. The molecule has 2 rings (SSSR count). The Morgan fingerprint density at radius 3 is 2.47 bits per heavy atom. The zero-order valence-electron chi connectivity index (χ0n) is 10.1. The van der Waals surface area contributed by atoms with Crippen LogP contribution in [0.2, 0.25) is 0 Å². The summed E-state index contributed by atoms with van der Waals surface area (Å²) in [7, 11) is 0. The van der Waals surface area contributed by atoms with Crippen molar-refractivity contribution in [1.82, 2.24) is 5.01 Å². The van der Waals surface area contributed by atoms with Gasteiger partial charge in [0.1, 0.15) is 5.56 Å². The monoisotopic (exact) mass is 263 g/mol. The fourth-order valence-electron chi connectivity index (χ4n) is 1.90.